The van der Waals surface area contributed by atoms with E-state index in [2.05, 4.69) is 25.5 Å². The molecule has 0 amide bonds. The zero-order valence-electron chi connectivity index (χ0n) is 13.5. The number of aromatic amines is 1. The number of halogens is 1. The van der Waals surface area contributed by atoms with Crippen molar-refractivity contribution < 1.29 is 4.39 Å². The molecule has 3 heterocycles. The van der Waals surface area contributed by atoms with Gasteiger partial charge in [0.1, 0.15) is 5.82 Å². The molecule has 0 atom stereocenters. The van der Waals surface area contributed by atoms with Gasteiger partial charge in [-0.05, 0) is 30.3 Å². The lowest BCUT2D eigenvalue weighted by Crippen LogP contribution is -2.01. The minimum Gasteiger partial charge on any atom is -0.337 e. The summed E-state index contributed by atoms with van der Waals surface area (Å²) in [5.74, 6) is 0.235. The van der Waals surface area contributed by atoms with Crippen molar-refractivity contribution in [3.05, 3.63) is 73.1 Å². The van der Waals surface area contributed by atoms with Crippen molar-refractivity contribution in [3.8, 4) is 11.3 Å². The van der Waals surface area contributed by atoms with Gasteiger partial charge in [-0.25, -0.2) is 14.4 Å². The molecule has 0 unspecified atom stereocenters. The Morgan fingerprint density at radius 1 is 1.12 bits per heavy atom. The van der Waals surface area contributed by atoms with Gasteiger partial charge in [0.15, 0.2) is 11.5 Å². The van der Waals surface area contributed by atoms with Crippen molar-refractivity contribution in [1.29, 1.82) is 0 Å². The standard InChI is InChI=1S/C19H13FN6/c20-15-4-2-1-3-14(15)17-11-26-8-7-21-19(26)18(24-17)23-13-6-5-12-10-22-25-16(12)9-13/h1-11H,(H,22,25)(H,23,24). The summed E-state index contributed by atoms with van der Waals surface area (Å²) < 4.78 is 16.0. The maximum Gasteiger partial charge on any atom is 0.180 e. The van der Waals surface area contributed by atoms with Gasteiger partial charge in [0.05, 0.1) is 17.4 Å². The van der Waals surface area contributed by atoms with E-state index in [-0.39, 0.29) is 5.82 Å². The molecule has 6 nitrogen and oxygen atoms in total. The number of benzene rings is 2. The van der Waals surface area contributed by atoms with Crippen LogP contribution in [0.1, 0.15) is 0 Å². The first-order chi connectivity index (χ1) is 12.8. The van der Waals surface area contributed by atoms with Crippen molar-refractivity contribution in [2.75, 3.05) is 5.32 Å². The summed E-state index contributed by atoms with van der Waals surface area (Å²) in [7, 11) is 0. The van der Waals surface area contributed by atoms with Crippen LogP contribution in [-0.2, 0) is 0 Å². The monoisotopic (exact) mass is 344 g/mol. The average molecular weight is 344 g/mol. The van der Waals surface area contributed by atoms with Crippen LogP contribution in [0.4, 0.5) is 15.9 Å². The molecule has 7 heteroatoms. The predicted octanol–water partition coefficient (Wildman–Crippen LogP) is 4.16. The highest BCUT2D eigenvalue weighted by molar-refractivity contribution is 5.84. The first-order valence-corrected chi connectivity index (χ1v) is 8.07. The van der Waals surface area contributed by atoms with Gasteiger partial charge in [-0.2, -0.15) is 5.10 Å². The third kappa shape index (κ3) is 2.37. The number of hydrogen-bond donors (Lipinski definition) is 2. The maximum absolute atomic E-state index is 14.2. The van der Waals surface area contributed by atoms with E-state index >= 15 is 0 Å². The van der Waals surface area contributed by atoms with Crippen LogP contribution < -0.4 is 5.32 Å². The van der Waals surface area contributed by atoms with Crippen molar-refractivity contribution in [2.24, 2.45) is 0 Å². The largest absolute Gasteiger partial charge is 0.337 e. The van der Waals surface area contributed by atoms with Gasteiger partial charge in [0.25, 0.3) is 0 Å². The van der Waals surface area contributed by atoms with Crippen LogP contribution in [-0.4, -0.2) is 24.6 Å². The number of anilines is 2. The molecule has 0 aliphatic rings. The fraction of sp³-hybridized carbons (Fsp3) is 0. The zero-order chi connectivity index (χ0) is 17.5. The molecule has 0 radical (unpaired) electrons. The highest BCUT2D eigenvalue weighted by atomic mass is 19.1. The van der Waals surface area contributed by atoms with Crippen LogP contribution in [0.3, 0.4) is 0 Å². The molecule has 126 valence electrons. The van der Waals surface area contributed by atoms with Gasteiger partial charge in [0, 0.05) is 35.2 Å². The number of nitrogens with zero attached hydrogens (tertiary/aromatic N) is 4. The Morgan fingerprint density at radius 3 is 2.96 bits per heavy atom. The number of hydrogen-bond acceptors (Lipinski definition) is 4. The predicted molar refractivity (Wildman–Crippen MR) is 97.8 cm³/mol. The molecule has 0 bridgehead atoms. The molecule has 5 rings (SSSR count). The van der Waals surface area contributed by atoms with E-state index in [4.69, 9.17) is 0 Å². The van der Waals surface area contributed by atoms with Crippen LogP contribution in [0, 0.1) is 5.82 Å². The normalized spacial score (nSPS) is 11.3. The maximum atomic E-state index is 14.2. The lowest BCUT2D eigenvalue weighted by Gasteiger charge is -2.10. The van der Waals surface area contributed by atoms with Crippen molar-refractivity contribution in [3.63, 3.8) is 0 Å². The van der Waals surface area contributed by atoms with E-state index in [1.54, 1.807) is 36.8 Å². The molecule has 3 aromatic heterocycles. The van der Waals surface area contributed by atoms with Gasteiger partial charge < -0.3 is 9.72 Å². The molecule has 0 aliphatic heterocycles. The molecular weight excluding hydrogens is 331 g/mol. The smallest absolute Gasteiger partial charge is 0.180 e. The van der Waals surface area contributed by atoms with Gasteiger partial charge >= 0.3 is 0 Å². The Kier molecular flexibility index (Phi) is 3.18. The topological polar surface area (TPSA) is 70.9 Å². The third-order valence-corrected chi connectivity index (χ3v) is 4.23. The second-order valence-electron chi connectivity index (χ2n) is 5.91. The number of rotatable bonds is 3. The van der Waals surface area contributed by atoms with Crippen LogP contribution in [0.15, 0.2) is 67.3 Å². The summed E-state index contributed by atoms with van der Waals surface area (Å²) in [5.41, 5.74) is 3.38. The number of H-pyrrole nitrogens is 1. The van der Waals surface area contributed by atoms with Gasteiger partial charge in [-0.3, -0.25) is 5.10 Å². The summed E-state index contributed by atoms with van der Waals surface area (Å²) in [4.78, 5) is 8.96. The fourth-order valence-corrected chi connectivity index (χ4v) is 2.97. The zero-order valence-corrected chi connectivity index (χ0v) is 13.5. The van der Waals surface area contributed by atoms with E-state index in [0.717, 1.165) is 16.6 Å². The summed E-state index contributed by atoms with van der Waals surface area (Å²) in [6, 6.07) is 12.4. The Balaban J connectivity index is 1.64. The van der Waals surface area contributed by atoms with Crippen LogP contribution in [0.2, 0.25) is 0 Å². The molecule has 2 aromatic carbocycles. The van der Waals surface area contributed by atoms with Gasteiger partial charge in [-0.1, -0.05) is 12.1 Å². The van der Waals surface area contributed by atoms with Crippen molar-refractivity contribution >= 4 is 28.1 Å². The first kappa shape index (κ1) is 14.6. The van der Waals surface area contributed by atoms with Crippen LogP contribution >= 0.6 is 0 Å². The Hall–Kier alpha value is -3.74. The number of aromatic nitrogens is 5. The summed E-state index contributed by atoms with van der Waals surface area (Å²) in [5, 5.41) is 11.3. The molecule has 0 saturated carbocycles. The second kappa shape index (κ2) is 5.66. The second-order valence-corrected chi connectivity index (χ2v) is 5.91. The lowest BCUT2D eigenvalue weighted by molar-refractivity contribution is 0.630. The quantitative estimate of drug-likeness (QED) is 0.516. The Labute approximate surface area is 147 Å². The molecule has 26 heavy (non-hydrogen) atoms. The van der Waals surface area contributed by atoms with E-state index < -0.39 is 0 Å². The van der Waals surface area contributed by atoms with Crippen LogP contribution in [0.25, 0.3) is 27.8 Å². The Morgan fingerprint density at radius 2 is 2.04 bits per heavy atom. The summed E-state index contributed by atoms with van der Waals surface area (Å²) in [6.45, 7) is 0. The SMILES string of the molecule is Fc1ccccc1-c1cn2ccnc2c(Nc2ccc3cn[nH]c3c2)n1. The summed E-state index contributed by atoms with van der Waals surface area (Å²) in [6.07, 6.45) is 7.03. The number of nitrogens with one attached hydrogen (secondary N) is 2. The van der Waals surface area contributed by atoms with Crippen LogP contribution in [0.5, 0.6) is 0 Å². The molecule has 0 fully saturated rings. The number of imidazole rings is 1. The van der Waals surface area contributed by atoms with E-state index in [9.17, 15) is 4.39 Å². The van der Waals surface area contributed by atoms with Gasteiger partial charge in [-0.15, -0.1) is 0 Å². The molecule has 0 aliphatic carbocycles. The average Bonchev–Trinajstić information content (AvgIpc) is 3.30. The lowest BCUT2D eigenvalue weighted by atomic mass is 10.1. The fourth-order valence-electron chi connectivity index (χ4n) is 2.97. The third-order valence-electron chi connectivity index (χ3n) is 4.23. The highest BCUT2D eigenvalue weighted by Crippen LogP contribution is 2.27. The molecule has 0 saturated heterocycles. The van der Waals surface area contributed by atoms with Crippen molar-refractivity contribution in [2.45, 2.75) is 0 Å². The molecule has 0 spiro atoms. The minimum absolute atomic E-state index is 0.315. The minimum atomic E-state index is -0.315. The van der Waals surface area contributed by atoms with Crippen molar-refractivity contribution in [1.82, 2.24) is 24.6 Å². The van der Waals surface area contributed by atoms with E-state index in [0.29, 0.717) is 22.7 Å². The highest BCUT2D eigenvalue weighted by Gasteiger charge is 2.12. The Bertz CT molecular complexity index is 1240. The molecule has 2 N–H and O–H groups in total. The first-order valence-electron chi connectivity index (χ1n) is 8.07. The van der Waals surface area contributed by atoms with Gasteiger partial charge in [0.2, 0.25) is 0 Å². The van der Waals surface area contributed by atoms with E-state index in [1.165, 1.54) is 6.07 Å². The number of fused-ring (bicyclic) bond motifs is 2. The molecule has 5 aromatic rings. The summed E-state index contributed by atoms with van der Waals surface area (Å²) >= 11 is 0. The van der Waals surface area contributed by atoms with E-state index in [1.807, 2.05) is 28.8 Å². The molecular formula is C19H13FN6.